The van der Waals surface area contributed by atoms with Crippen molar-refractivity contribution in [2.45, 2.75) is 18.4 Å². The normalized spacial score (nSPS) is 14.6. The Kier molecular flexibility index (Phi) is 5.27. The van der Waals surface area contributed by atoms with E-state index in [0.29, 0.717) is 23.7 Å². The molecule has 0 amide bonds. The first-order valence-corrected chi connectivity index (χ1v) is 10.7. The molecule has 0 radical (unpaired) electrons. The van der Waals surface area contributed by atoms with Crippen molar-refractivity contribution >= 4 is 40.5 Å². The molecule has 0 bridgehead atoms. The summed E-state index contributed by atoms with van der Waals surface area (Å²) >= 11 is 1.67. The van der Waals surface area contributed by atoms with Crippen LogP contribution in [0.25, 0.3) is 11.2 Å². The molecular formula is C19H25N7OS. The van der Waals surface area contributed by atoms with E-state index in [0.717, 1.165) is 42.7 Å². The maximum absolute atomic E-state index is 13.1. The van der Waals surface area contributed by atoms with Crippen molar-refractivity contribution in [3.63, 3.8) is 0 Å². The van der Waals surface area contributed by atoms with Crippen LogP contribution < -0.4 is 21.1 Å². The average Bonchev–Trinajstić information content (AvgIpc) is 3.11. The second-order valence-corrected chi connectivity index (χ2v) is 7.60. The molecule has 1 saturated heterocycles. The van der Waals surface area contributed by atoms with Gasteiger partial charge >= 0.3 is 0 Å². The van der Waals surface area contributed by atoms with Crippen LogP contribution >= 0.6 is 11.8 Å². The minimum Gasteiger partial charge on any atom is -0.340 e. The van der Waals surface area contributed by atoms with E-state index >= 15 is 0 Å². The first kappa shape index (κ1) is 18.8. The third-order valence-corrected chi connectivity index (χ3v) is 5.73. The zero-order chi connectivity index (χ0) is 19.7. The highest BCUT2D eigenvalue weighted by atomic mass is 32.2. The van der Waals surface area contributed by atoms with Crippen molar-refractivity contribution < 1.29 is 0 Å². The van der Waals surface area contributed by atoms with E-state index in [2.05, 4.69) is 20.5 Å². The first-order chi connectivity index (χ1) is 13.6. The molecule has 0 atom stereocenters. The van der Waals surface area contributed by atoms with Crippen LogP contribution in [0, 0.1) is 0 Å². The summed E-state index contributed by atoms with van der Waals surface area (Å²) in [5, 5.41) is 6.62. The second kappa shape index (κ2) is 7.84. The molecular weight excluding hydrogens is 374 g/mol. The fourth-order valence-electron chi connectivity index (χ4n) is 3.50. The molecule has 1 fully saturated rings. The van der Waals surface area contributed by atoms with Crippen LogP contribution in [-0.4, -0.2) is 51.5 Å². The monoisotopic (exact) mass is 399 g/mol. The number of hydrogen-bond donors (Lipinski definition) is 2. The van der Waals surface area contributed by atoms with Gasteiger partial charge in [0.25, 0.3) is 5.56 Å². The largest absolute Gasteiger partial charge is 0.340 e. The Balaban J connectivity index is 1.79. The first-order valence-electron chi connectivity index (χ1n) is 9.46. The molecule has 0 unspecified atom stereocenters. The molecule has 1 aliphatic rings. The highest BCUT2D eigenvalue weighted by Gasteiger charge is 2.22. The molecule has 2 aromatic heterocycles. The number of aryl methyl sites for hydroxylation is 1. The van der Waals surface area contributed by atoms with Crippen LogP contribution in [0.15, 0.2) is 34.0 Å². The van der Waals surface area contributed by atoms with E-state index in [4.69, 9.17) is 4.98 Å². The van der Waals surface area contributed by atoms with Crippen LogP contribution in [0.4, 0.5) is 17.6 Å². The van der Waals surface area contributed by atoms with Gasteiger partial charge in [-0.1, -0.05) is 6.07 Å². The number of aromatic nitrogens is 4. The highest BCUT2D eigenvalue weighted by molar-refractivity contribution is 7.98. The van der Waals surface area contributed by atoms with Gasteiger partial charge in [0.15, 0.2) is 11.2 Å². The number of thioether (sulfide) groups is 1. The van der Waals surface area contributed by atoms with Gasteiger partial charge in [-0.25, -0.2) is 0 Å². The SMILES string of the molecule is CCn1c(N2CCNCC2)nc2nc(Nc3cccc(SC)c3)n(C)c(=O)c21. The van der Waals surface area contributed by atoms with Crippen LogP contribution in [0.5, 0.6) is 0 Å². The summed E-state index contributed by atoms with van der Waals surface area (Å²) in [7, 11) is 1.74. The topological polar surface area (TPSA) is 80.0 Å². The maximum atomic E-state index is 13.1. The smallest absolute Gasteiger partial charge is 0.280 e. The zero-order valence-electron chi connectivity index (χ0n) is 16.4. The third kappa shape index (κ3) is 3.35. The number of piperazine rings is 1. The lowest BCUT2D eigenvalue weighted by Gasteiger charge is -2.28. The van der Waals surface area contributed by atoms with Crippen molar-refractivity contribution in [3.8, 4) is 0 Å². The second-order valence-electron chi connectivity index (χ2n) is 6.72. The molecule has 3 heterocycles. The molecule has 1 aliphatic heterocycles. The Hall–Kier alpha value is -2.52. The molecule has 2 N–H and O–H groups in total. The van der Waals surface area contributed by atoms with Gasteiger partial charge < -0.3 is 20.1 Å². The van der Waals surface area contributed by atoms with Crippen molar-refractivity contribution in [2.75, 3.05) is 42.7 Å². The van der Waals surface area contributed by atoms with Gasteiger partial charge in [0, 0.05) is 50.4 Å². The zero-order valence-corrected chi connectivity index (χ0v) is 17.2. The lowest BCUT2D eigenvalue weighted by Crippen LogP contribution is -2.44. The van der Waals surface area contributed by atoms with Gasteiger partial charge in [0.2, 0.25) is 11.9 Å². The Labute approximate surface area is 168 Å². The minimum absolute atomic E-state index is 0.0933. The standard InChI is InChI=1S/C19H25N7OS/c1-4-26-15-16(23-19(26)25-10-8-20-9-11-25)22-18(24(2)17(15)27)21-13-6-5-7-14(12-13)28-3/h5-7,12,20H,4,8-11H2,1-3H3,(H,21,22). The van der Waals surface area contributed by atoms with Crippen LogP contribution in [-0.2, 0) is 13.6 Å². The Morgan fingerprint density at radius 2 is 2.04 bits per heavy atom. The lowest BCUT2D eigenvalue weighted by atomic mass is 10.3. The van der Waals surface area contributed by atoms with Crippen LogP contribution in [0.3, 0.4) is 0 Å². The average molecular weight is 400 g/mol. The molecule has 4 rings (SSSR count). The molecule has 1 aromatic carbocycles. The molecule has 148 valence electrons. The molecule has 9 heteroatoms. The van der Waals surface area contributed by atoms with E-state index in [1.54, 1.807) is 23.4 Å². The molecule has 0 saturated carbocycles. The summed E-state index contributed by atoms with van der Waals surface area (Å²) in [4.78, 5) is 25.9. The Morgan fingerprint density at radius 1 is 1.25 bits per heavy atom. The predicted molar refractivity (Wildman–Crippen MR) is 115 cm³/mol. The fraction of sp³-hybridized carbons (Fsp3) is 0.421. The van der Waals surface area contributed by atoms with Gasteiger partial charge in [-0.15, -0.1) is 11.8 Å². The summed E-state index contributed by atoms with van der Waals surface area (Å²) < 4.78 is 3.54. The van der Waals surface area contributed by atoms with E-state index < -0.39 is 0 Å². The number of rotatable bonds is 5. The summed E-state index contributed by atoms with van der Waals surface area (Å²) in [5.74, 6) is 1.31. The summed E-state index contributed by atoms with van der Waals surface area (Å²) in [6.07, 6.45) is 2.04. The maximum Gasteiger partial charge on any atom is 0.280 e. The number of hydrogen-bond acceptors (Lipinski definition) is 7. The van der Waals surface area contributed by atoms with Gasteiger partial charge in [-0.2, -0.15) is 9.97 Å². The minimum atomic E-state index is -0.0933. The van der Waals surface area contributed by atoms with Crippen LogP contribution in [0.2, 0.25) is 0 Å². The van der Waals surface area contributed by atoms with Gasteiger partial charge in [-0.3, -0.25) is 9.36 Å². The number of imidazole rings is 1. The molecule has 0 aliphatic carbocycles. The van der Waals surface area contributed by atoms with Crippen molar-refractivity contribution in [1.29, 1.82) is 0 Å². The van der Waals surface area contributed by atoms with Crippen molar-refractivity contribution in [2.24, 2.45) is 7.05 Å². The molecule has 28 heavy (non-hydrogen) atoms. The number of fused-ring (bicyclic) bond motifs is 1. The van der Waals surface area contributed by atoms with Gasteiger partial charge in [0.05, 0.1) is 0 Å². The number of nitrogens with zero attached hydrogens (tertiary/aromatic N) is 5. The Morgan fingerprint density at radius 3 is 2.75 bits per heavy atom. The number of nitrogens with one attached hydrogen (secondary N) is 2. The predicted octanol–water partition coefficient (Wildman–Crippen LogP) is 2.02. The quantitative estimate of drug-likeness (QED) is 0.636. The third-order valence-electron chi connectivity index (χ3n) is 5.01. The van der Waals surface area contributed by atoms with Crippen molar-refractivity contribution in [3.05, 3.63) is 34.6 Å². The van der Waals surface area contributed by atoms with E-state index in [-0.39, 0.29) is 5.56 Å². The van der Waals surface area contributed by atoms with E-state index in [1.807, 2.05) is 42.0 Å². The molecule has 3 aromatic rings. The number of benzene rings is 1. The summed E-state index contributed by atoms with van der Waals surface area (Å²) in [5.41, 5.74) is 1.85. The molecule has 8 nitrogen and oxygen atoms in total. The van der Waals surface area contributed by atoms with Crippen LogP contribution in [0.1, 0.15) is 6.92 Å². The van der Waals surface area contributed by atoms with Gasteiger partial charge in [-0.05, 0) is 31.4 Å². The molecule has 0 spiro atoms. The highest BCUT2D eigenvalue weighted by Crippen LogP contribution is 2.24. The lowest BCUT2D eigenvalue weighted by molar-refractivity contribution is 0.569. The van der Waals surface area contributed by atoms with E-state index in [9.17, 15) is 4.79 Å². The van der Waals surface area contributed by atoms with Crippen molar-refractivity contribution in [1.82, 2.24) is 24.4 Å². The fourth-order valence-corrected chi connectivity index (χ4v) is 3.96. The summed E-state index contributed by atoms with van der Waals surface area (Å²) in [6, 6.07) is 8.04. The Bertz CT molecular complexity index is 1050. The van der Waals surface area contributed by atoms with E-state index in [1.165, 1.54) is 0 Å². The number of anilines is 3. The van der Waals surface area contributed by atoms with Gasteiger partial charge in [0.1, 0.15) is 0 Å². The summed E-state index contributed by atoms with van der Waals surface area (Å²) in [6.45, 7) is 6.28.